The van der Waals surface area contributed by atoms with Crippen LogP contribution in [0.1, 0.15) is 32.7 Å². The number of carbonyl (C=O) groups is 2. The second-order valence-corrected chi connectivity index (χ2v) is 9.30. The minimum Gasteiger partial charge on any atom is -0.495 e. The molecule has 3 aromatic rings. The maximum atomic E-state index is 13.3. The van der Waals surface area contributed by atoms with E-state index in [1.165, 1.54) is 0 Å². The van der Waals surface area contributed by atoms with E-state index in [2.05, 4.69) is 26.5 Å². The van der Waals surface area contributed by atoms with Gasteiger partial charge in [0, 0.05) is 63.4 Å². The Morgan fingerprint density at radius 2 is 1.53 bits per heavy atom. The summed E-state index contributed by atoms with van der Waals surface area (Å²) in [4.78, 5) is 30.6. The van der Waals surface area contributed by atoms with Crippen LogP contribution in [0.2, 0.25) is 0 Å². The van der Waals surface area contributed by atoms with E-state index in [1.54, 1.807) is 32.4 Å². The molecule has 0 aliphatic carbocycles. The number of rotatable bonds is 10. The van der Waals surface area contributed by atoms with Gasteiger partial charge >= 0.3 is 0 Å². The molecule has 0 bridgehead atoms. The third-order valence-electron chi connectivity index (χ3n) is 6.67. The highest BCUT2D eigenvalue weighted by Gasteiger charge is 2.24. The molecule has 1 heterocycles. The smallest absolute Gasteiger partial charge is 0.255 e. The standard InChI is InChI=1S/C30H36N4O4/c1-22-9-11-23(12-10-22)29(35)32-24-13-14-26(25(21-24)30(36)31-15-6-20-37-2)33-16-18-34(19-17-33)27-7-4-5-8-28(27)38-3/h4-5,7-14,21H,6,15-20H2,1-3H3,(H,31,36)(H,32,35). The Labute approximate surface area is 224 Å². The monoisotopic (exact) mass is 516 g/mol. The van der Waals surface area contributed by atoms with Crippen LogP contribution in [-0.4, -0.2) is 65.4 Å². The predicted molar refractivity (Wildman–Crippen MR) is 152 cm³/mol. The molecule has 8 heteroatoms. The minimum atomic E-state index is -0.213. The van der Waals surface area contributed by atoms with Crippen molar-refractivity contribution in [2.45, 2.75) is 13.3 Å². The van der Waals surface area contributed by atoms with E-state index in [4.69, 9.17) is 9.47 Å². The topological polar surface area (TPSA) is 83.1 Å². The van der Waals surface area contributed by atoms with Crippen molar-refractivity contribution in [3.8, 4) is 5.75 Å². The summed E-state index contributed by atoms with van der Waals surface area (Å²) < 4.78 is 10.6. The van der Waals surface area contributed by atoms with Gasteiger partial charge in [0.05, 0.1) is 18.4 Å². The number of aryl methyl sites for hydroxylation is 1. The highest BCUT2D eigenvalue weighted by molar-refractivity contribution is 6.06. The predicted octanol–water partition coefficient (Wildman–Crippen LogP) is 4.35. The number of ether oxygens (including phenoxy) is 2. The van der Waals surface area contributed by atoms with Gasteiger partial charge in [-0.05, 0) is 55.8 Å². The number of amides is 2. The van der Waals surface area contributed by atoms with E-state index in [1.807, 2.05) is 49.4 Å². The summed E-state index contributed by atoms with van der Waals surface area (Å²) in [6.45, 7) is 6.14. The molecule has 0 aromatic heterocycles. The Balaban J connectivity index is 1.52. The van der Waals surface area contributed by atoms with Gasteiger partial charge in [-0.25, -0.2) is 0 Å². The average Bonchev–Trinajstić information content (AvgIpc) is 2.95. The van der Waals surface area contributed by atoms with Gasteiger partial charge in [-0.3, -0.25) is 9.59 Å². The average molecular weight is 517 g/mol. The van der Waals surface area contributed by atoms with Crippen LogP contribution in [0.4, 0.5) is 17.1 Å². The van der Waals surface area contributed by atoms with Gasteiger partial charge in [0.15, 0.2) is 0 Å². The molecule has 0 radical (unpaired) electrons. The molecule has 1 saturated heterocycles. The molecule has 8 nitrogen and oxygen atoms in total. The van der Waals surface area contributed by atoms with Gasteiger partial charge in [-0.2, -0.15) is 0 Å². The number of piperazine rings is 1. The number of benzene rings is 3. The number of para-hydroxylation sites is 2. The van der Waals surface area contributed by atoms with Crippen molar-refractivity contribution >= 4 is 28.9 Å². The van der Waals surface area contributed by atoms with Gasteiger partial charge in [0.1, 0.15) is 5.75 Å². The zero-order valence-corrected chi connectivity index (χ0v) is 22.3. The van der Waals surface area contributed by atoms with Gasteiger partial charge < -0.3 is 29.9 Å². The SMILES string of the molecule is COCCCNC(=O)c1cc(NC(=O)c2ccc(C)cc2)ccc1N1CCN(c2ccccc2OC)CC1. The molecule has 4 rings (SSSR count). The molecule has 0 spiro atoms. The maximum Gasteiger partial charge on any atom is 0.255 e. The lowest BCUT2D eigenvalue weighted by Crippen LogP contribution is -2.47. The van der Waals surface area contributed by atoms with Crippen LogP contribution >= 0.6 is 0 Å². The molecule has 38 heavy (non-hydrogen) atoms. The maximum absolute atomic E-state index is 13.3. The normalized spacial score (nSPS) is 13.2. The molecular formula is C30H36N4O4. The first-order chi connectivity index (χ1) is 18.5. The Kier molecular flexibility index (Phi) is 9.21. The highest BCUT2D eigenvalue weighted by atomic mass is 16.5. The van der Waals surface area contributed by atoms with Gasteiger partial charge in [0.25, 0.3) is 11.8 Å². The number of hydrogen-bond acceptors (Lipinski definition) is 6. The van der Waals surface area contributed by atoms with Crippen molar-refractivity contribution in [3.05, 3.63) is 83.4 Å². The summed E-state index contributed by atoms with van der Waals surface area (Å²) in [5, 5.41) is 5.94. The fraction of sp³-hybridized carbons (Fsp3) is 0.333. The van der Waals surface area contributed by atoms with Crippen LogP contribution in [-0.2, 0) is 4.74 Å². The van der Waals surface area contributed by atoms with Crippen molar-refractivity contribution in [1.82, 2.24) is 5.32 Å². The van der Waals surface area contributed by atoms with Gasteiger partial charge in [0.2, 0.25) is 0 Å². The fourth-order valence-corrected chi connectivity index (χ4v) is 4.57. The summed E-state index contributed by atoms with van der Waals surface area (Å²) in [7, 11) is 3.33. The minimum absolute atomic E-state index is 0.172. The third kappa shape index (κ3) is 6.63. The molecule has 2 N–H and O–H groups in total. The van der Waals surface area contributed by atoms with Crippen molar-refractivity contribution in [2.75, 3.05) is 68.7 Å². The second-order valence-electron chi connectivity index (χ2n) is 9.30. The van der Waals surface area contributed by atoms with Crippen LogP contribution in [0, 0.1) is 6.92 Å². The number of nitrogens with one attached hydrogen (secondary N) is 2. The van der Waals surface area contributed by atoms with E-state index in [0.29, 0.717) is 30.0 Å². The number of anilines is 3. The van der Waals surface area contributed by atoms with E-state index in [-0.39, 0.29) is 11.8 Å². The summed E-state index contributed by atoms with van der Waals surface area (Å²) in [6.07, 6.45) is 0.721. The van der Waals surface area contributed by atoms with E-state index >= 15 is 0 Å². The molecule has 0 saturated carbocycles. The van der Waals surface area contributed by atoms with Crippen molar-refractivity contribution < 1.29 is 19.1 Å². The van der Waals surface area contributed by atoms with Crippen LogP contribution in [0.3, 0.4) is 0 Å². The first-order valence-electron chi connectivity index (χ1n) is 12.9. The zero-order chi connectivity index (χ0) is 26.9. The zero-order valence-electron chi connectivity index (χ0n) is 22.3. The lowest BCUT2D eigenvalue weighted by molar-refractivity contribution is 0.0947. The van der Waals surface area contributed by atoms with Gasteiger partial charge in [-0.15, -0.1) is 0 Å². The Hall–Kier alpha value is -4.04. The highest BCUT2D eigenvalue weighted by Crippen LogP contribution is 2.31. The number of nitrogens with zero attached hydrogens (tertiary/aromatic N) is 2. The van der Waals surface area contributed by atoms with Crippen LogP contribution in [0.5, 0.6) is 5.75 Å². The first kappa shape index (κ1) is 27.0. The Morgan fingerprint density at radius 1 is 0.842 bits per heavy atom. The second kappa shape index (κ2) is 13.0. The molecule has 200 valence electrons. The summed E-state index contributed by atoms with van der Waals surface area (Å²) in [5.41, 5.74) is 4.69. The molecule has 1 aliphatic heterocycles. The fourth-order valence-electron chi connectivity index (χ4n) is 4.57. The van der Waals surface area contributed by atoms with Crippen molar-refractivity contribution in [2.24, 2.45) is 0 Å². The summed E-state index contributed by atoms with van der Waals surface area (Å²) >= 11 is 0. The lowest BCUT2D eigenvalue weighted by Gasteiger charge is -2.38. The molecule has 2 amide bonds. The Morgan fingerprint density at radius 3 is 2.21 bits per heavy atom. The van der Waals surface area contributed by atoms with Crippen LogP contribution in [0.15, 0.2) is 66.7 Å². The molecular weight excluding hydrogens is 480 g/mol. The molecule has 0 atom stereocenters. The molecule has 3 aromatic carbocycles. The summed E-state index contributed by atoms with van der Waals surface area (Å²) in [5.74, 6) is 0.468. The van der Waals surface area contributed by atoms with E-state index in [0.717, 1.165) is 55.3 Å². The molecule has 1 fully saturated rings. The van der Waals surface area contributed by atoms with Gasteiger partial charge in [-0.1, -0.05) is 29.8 Å². The number of carbonyl (C=O) groups excluding carboxylic acids is 2. The quantitative estimate of drug-likeness (QED) is 0.390. The first-order valence-corrected chi connectivity index (χ1v) is 12.9. The van der Waals surface area contributed by atoms with E-state index < -0.39 is 0 Å². The Bertz CT molecular complexity index is 1240. The molecule has 1 aliphatic rings. The number of hydrogen-bond donors (Lipinski definition) is 2. The van der Waals surface area contributed by atoms with Crippen LogP contribution in [0.25, 0.3) is 0 Å². The lowest BCUT2D eigenvalue weighted by atomic mass is 10.1. The number of methoxy groups -OCH3 is 2. The third-order valence-corrected chi connectivity index (χ3v) is 6.67. The van der Waals surface area contributed by atoms with Crippen LogP contribution < -0.4 is 25.2 Å². The van der Waals surface area contributed by atoms with Crippen molar-refractivity contribution in [1.29, 1.82) is 0 Å². The van der Waals surface area contributed by atoms with Crippen molar-refractivity contribution in [3.63, 3.8) is 0 Å². The van der Waals surface area contributed by atoms with E-state index in [9.17, 15) is 9.59 Å². The molecule has 0 unspecified atom stereocenters. The summed E-state index contributed by atoms with van der Waals surface area (Å²) in [6, 6.07) is 21.0. The largest absolute Gasteiger partial charge is 0.495 e.